The molecule has 2 aliphatic rings. The van der Waals surface area contributed by atoms with Gasteiger partial charge in [-0.05, 0) is 64.5 Å². The number of benzene rings is 1. The highest BCUT2D eigenvalue weighted by atomic mass is 19.4. The molecule has 0 saturated carbocycles. The molecule has 5 atom stereocenters. The monoisotopic (exact) mass is 564 g/mol. The number of carbonyl (C=O) groups excluding carboxylic acids is 2. The van der Waals surface area contributed by atoms with Gasteiger partial charge in [0.2, 0.25) is 0 Å². The van der Waals surface area contributed by atoms with Gasteiger partial charge >= 0.3 is 18.1 Å². The van der Waals surface area contributed by atoms with E-state index in [2.05, 4.69) is 6.08 Å². The van der Waals surface area contributed by atoms with Crippen LogP contribution in [0, 0.1) is 11.8 Å². The summed E-state index contributed by atoms with van der Waals surface area (Å²) < 4.78 is 65.4. The molecule has 220 valence electrons. The quantitative estimate of drug-likeness (QED) is 0.286. The van der Waals surface area contributed by atoms with Gasteiger partial charge < -0.3 is 18.9 Å². The molecule has 0 bridgehead atoms. The van der Waals surface area contributed by atoms with E-state index in [9.17, 15) is 22.8 Å². The van der Waals surface area contributed by atoms with E-state index in [-0.39, 0.29) is 18.6 Å². The van der Waals surface area contributed by atoms with Gasteiger partial charge in [-0.15, -0.1) is 0 Å². The normalized spacial score (nSPS) is 30.2. The van der Waals surface area contributed by atoms with Crippen molar-refractivity contribution in [1.82, 2.24) is 0 Å². The second kappa shape index (κ2) is 13.6. The summed E-state index contributed by atoms with van der Waals surface area (Å²) in [7, 11) is 2.31. The summed E-state index contributed by atoms with van der Waals surface area (Å²) in [6, 6.07) is 6.73. The van der Waals surface area contributed by atoms with Crippen molar-refractivity contribution in [1.29, 1.82) is 0 Å². The predicted molar refractivity (Wildman–Crippen MR) is 144 cm³/mol. The summed E-state index contributed by atoms with van der Waals surface area (Å²) in [6.45, 7) is 5.80. The minimum absolute atomic E-state index is 0.0730. The van der Waals surface area contributed by atoms with Gasteiger partial charge in [0.1, 0.15) is 12.2 Å². The van der Waals surface area contributed by atoms with Crippen molar-refractivity contribution in [2.75, 3.05) is 20.8 Å². The van der Waals surface area contributed by atoms with Gasteiger partial charge in [0, 0.05) is 25.7 Å². The Labute approximate surface area is 234 Å². The zero-order valence-electron chi connectivity index (χ0n) is 23.8. The molecule has 6 nitrogen and oxygen atoms in total. The summed E-state index contributed by atoms with van der Waals surface area (Å²) >= 11 is 0. The molecule has 3 rings (SSSR count). The number of methoxy groups -OCH3 is 2. The lowest BCUT2D eigenvalue weighted by molar-refractivity contribution is -0.278. The number of rotatable bonds is 6. The molecule has 1 heterocycles. The predicted octanol–water partition coefficient (Wildman–Crippen LogP) is 6.61. The van der Waals surface area contributed by atoms with Gasteiger partial charge in [-0.3, -0.25) is 4.79 Å². The largest absolute Gasteiger partial charge is 0.458 e. The average Bonchev–Trinajstić information content (AvgIpc) is 3.17. The lowest BCUT2D eigenvalue weighted by atomic mass is 9.83. The highest BCUT2D eigenvalue weighted by Crippen LogP contribution is 2.44. The number of hydrogen-bond acceptors (Lipinski definition) is 6. The topological polar surface area (TPSA) is 71.1 Å². The Kier molecular flexibility index (Phi) is 10.8. The third kappa shape index (κ3) is 7.04. The van der Waals surface area contributed by atoms with Gasteiger partial charge in [0.25, 0.3) is 5.60 Å². The van der Waals surface area contributed by atoms with Gasteiger partial charge in [-0.2, -0.15) is 13.2 Å². The van der Waals surface area contributed by atoms with Crippen molar-refractivity contribution >= 4 is 11.9 Å². The van der Waals surface area contributed by atoms with Crippen LogP contribution in [-0.4, -0.2) is 51.1 Å². The Morgan fingerprint density at radius 1 is 1.00 bits per heavy atom. The van der Waals surface area contributed by atoms with E-state index >= 15 is 0 Å². The standard InChI is InChI=1S/C31H39F3O6/c1-20-11-9-13-21(2)17-27-24(25(19-37-4)28(35)39-27)18-26(22(3)14-10-12-20)40-29(36)30(38-5,31(32,33)34)23-15-7-6-8-16-23/h6-8,11,14-17,24-27H,9-10,12-13,18-19H2,1-5H3/b20-11+,21-17+,22-14+/t24-,25+,26-,27-,30+/m0/s1. The second-order valence-electron chi connectivity index (χ2n) is 10.6. The van der Waals surface area contributed by atoms with E-state index in [1.54, 1.807) is 13.0 Å². The molecule has 0 radical (unpaired) electrons. The van der Waals surface area contributed by atoms with Gasteiger partial charge in [-0.25, -0.2) is 4.79 Å². The van der Waals surface area contributed by atoms with Crippen molar-refractivity contribution in [3.63, 3.8) is 0 Å². The van der Waals surface area contributed by atoms with Crippen molar-refractivity contribution in [3.05, 3.63) is 70.8 Å². The SMILES string of the molecule is COC[C@H]1C(=O)O[C@H]2/C=C(\C)CC/C=C(\C)CC/C=C(\C)[C@@H](OC(=O)[C@](OC)(c3ccccc3)C(F)(F)F)C[C@H]21. The molecule has 1 aliphatic heterocycles. The van der Waals surface area contributed by atoms with Crippen LogP contribution in [-0.2, 0) is 34.1 Å². The highest BCUT2D eigenvalue weighted by molar-refractivity contribution is 5.83. The molecule has 0 aromatic heterocycles. The van der Waals surface area contributed by atoms with Gasteiger partial charge in [0.05, 0.1) is 12.5 Å². The third-order valence-corrected chi connectivity index (χ3v) is 7.74. The fourth-order valence-corrected chi connectivity index (χ4v) is 5.38. The molecule has 0 amide bonds. The lowest BCUT2D eigenvalue weighted by Gasteiger charge is -2.35. The fourth-order valence-electron chi connectivity index (χ4n) is 5.38. The zero-order valence-corrected chi connectivity index (χ0v) is 23.8. The summed E-state index contributed by atoms with van der Waals surface area (Å²) in [5.74, 6) is -3.16. The van der Waals surface area contributed by atoms with Crippen molar-refractivity contribution in [2.24, 2.45) is 11.8 Å². The number of fused-ring (bicyclic) bond motifs is 1. The van der Waals surface area contributed by atoms with Crippen LogP contribution in [0.1, 0.15) is 58.4 Å². The molecule has 1 aromatic carbocycles. The highest BCUT2D eigenvalue weighted by Gasteiger charge is 2.64. The number of alkyl halides is 3. The van der Waals surface area contributed by atoms with E-state index in [4.69, 9.17) is 18.9 Å². The third-order valence-electron chi connectivity index (χ3n) is 7.74. The molecule has 0 spiro atoms. The van der Waals surface area contributed by atoms with Crippen LogP contribution in [0.4, 0.5) is 13.2 Å². The van der Waals surface area contributed by atoms with Crippen molar-refractivity contribution in [3.8, 4) is 0 Å². The molecule has 1 saturated heterocycles. The van der Waals surface area contributed by atoms with Gasteiger partial charge in [0.15, 0.2) is 0 Å². The Bertz CT molecular complexity index is 1120. The first-order chi connectivity index (χ1) is 18.9. The lowest BCUT2D eigenvalue weighted by Crippen LogP contribution is -2.52. The molecular formula is C31H39F3O6. The van der Waals surface area contributed by atoms with Crippen molar-refractivity contribution in [2.45, 2.75) is 76.9 Å². The molecule has 1 aliphatic carbocycles. The average molecular weight is 565 g/mol. The van der Waals surface area contributed by atoms with Crippen LogP contribution in [0.2, 0.25) is 0 Å². The van der Waals surface area contributed by atoms with Crippen LogP contribution in [0.25, 0.3) is 0 Å². The van der Waals surface area contributed by atoms with E-state index in [1.807, 2.05) is 26.0 Å². The summed E-state index contributed by atoms with van der Waals surface area (Å²) in [5, 5.41) is 0. The Morgan fingerprint density at radius 3 is 2.27 bits per heavy atom. The Hall–Kier alpha value is -2.91. The summed E-state index contributed by atoms with van der Waals surface area (Å²) in [4.78, 5) is 26.4. The smallest absolute Gasteiger partial charge is 0.432 e. The van der Waals surface area contributed by atoms with E-state index < -0.39 is 47.8 Å². The maximum absolute atomic E-state index is 14.6. The van der Waals surface area contributed by atoms with Crippen LogP contribution in [0.15, 0.2) is 65.3 Å². The number of allylic oxidation sites excluding steroid dienone is 4. The van der Waals surface area contributed by atoms with Gasteiger partial charge in [-0.1, -0.05) is 53.6 Å². The number of esters is 2. The number of ether oxygens (including phenoxy) is 4. The summed E-state index contributed by atoms with van der Waals surface area (Å²) in [5.41, 5.74) is -0.897. The minimum Gasteiger partial charge on any atom is -0.458 e. The Balaban J connectivity index is 2.07. The van der Waals surface area contributed by atoms with Crippen LogP contribution in [0.3, 0.4) is 0 Å². The van der Waals surface area contributed by atoms with Crippen molar-refractivity contribution < 1.29 is 41.7 Å². The number of carbonyl (C=O) groups is 2. The molecule has 0 unspecified atom stereocenters. The molecule has 1 fully saturated rings. The van der Waals surface area contributed by atoms with Crippen LogP contribution in [0.5, 0.6) is 0 Å². The van der Waals surface area contributed by atoms with E-state index in [0.717, 1.165) is 31.9 Å². The maximum Gasteiger partial charge on any atom is 0.432 e. The molecular weight excluding hydrogens is 525 g/mol. The summed E-state index contributed by atoms with van der Waals surface area (Å²) in [6.07, 6.45) is 2.22. The van der Waals surface area contributed by atoms with Crippen LogP contribution >= 0.6 is 0 Å². The zero-order chi connectivity index (χ0) is 29.5. The number of halogens is 3. The first kappa shape index (κ1) is 31.6. The Morgan fingerprint density at radius 2 is 1.65 bits per heavy atom. The first-order valence-corrected chi connectivity index (χ1v) is 13.5. The maximum atomic E-state index is 14.6. The fraction of sp³-hybridized carbons (Fsp3) is 0.548. The van der Waals surface area contributed by atoms with E-state index in [1.165, 1.54) is 36.9 Å². The van der Waals surface area contributed by atoms with E-state index in [0.29, 0.717) is 12.0 Å². The molecule has 40 heavy (non-hydrogen) atoms. The minimum atomic E-state index is -5.10. The molecule has 0 N–H and O–H groups in total. The first-order valence-electron chi connectivity index (χ1n) is 13.5. The second-order valence-corrected chi connectivity index (χ2v) is 10.6. The molecule has 1 aromatic rings. The number of hydrogen-bond donors (Lipinski definition) is 0. The van der Waals surface area contributed by atoms with Crippen LogP contribution < -0.4 is 0 Å². The molecule has 9 heteroatoms.